The van der Waals surface area contributed by atoms with E-state index < -0.39 is 0 Å². The number of aromatic nitrogens is 1. The van der Waals surface area contributed by atoms with Gasteiger partial charge in [0.2, 0.25) is 0 Å². The zero-order chi connectivity index (χ0) is 39.5. The molecule has 0 aliphatic rings. The Balaban J connectivity index is 1.07. The summed E-state index contributed by atoms with van der Waals surface area (Å²) in [5, 5.41) is 9.20. The van der Waals surface area contributed by atoms with Crippen LogP contribution in [0, 0.1) is 0 Å². The largest absolute Gasteiger partial charge is 0.454 e. The highest BCUT2D eigenvalue weighted by molar-refractivity contribution is 6.18. The summed E-state index contributed by atoms with van der Waals surface area (Å²) in [6, 6.07) is 68.7. The van der Waals surface area contributed by atoms with Crippen LogP contribution in [0.15, 0.2) is 216 Å². The molecule has 59 heavy (non-hydrogen) atoms. The van der Waals surface area contributed by atoms with E-state index in [2.05, 4.69) is 206 Å². The molecule has 3 heteroatoms. The molecule has 2 aromatic heterocycles. The second-order valence-electron chi connectivity index (χ2n) is 15.3. The van der Waals surface area contributed by atoms with Gasteiger partial charge in [0, 0.05) is 32.7 Å². The lowest BCUT2D eigenvalue weighted by Crippen LogP contribution is -2.00. The predicted octanol–water partition coefficient (Wildman–Crippen LogP) is 15.2. The minimum atomic E-state index is 0.666. The number of allylic oxidation sites excluding steroid dienone is 2. The van der Waals surface area contributed by atoms with Crippen molar-refractivity contribution < 1.29 is 4.42 Å². The molecule has 0 aliphatic carbocycles. The molecule has 0 amide bonds. The lowest BCUT2D eigenvalue weighted by atomic mass is 9.98. The number of nitrogens with zero attached hydrogens (tertiary/aromatic N) is 2. The average molecular weight is 755 g/mol. The van der Waals surface area contributed by atoms with Crippen molar-refractivity contribution in [3.63, 3.8) is 0 Å². The molecule has 11 rings (SSSR count). The molecule has 2 heterocycles. The topological polar surface area (TPSA) is 30.4 Å². The van der Waals surface area contributed by atoms with Gasteiger partial charge in [-0.05, 0) is 99.3 Å². The molecule has 0 saturated carbocycles. The minimum absolute atomic E-state index is 0.666. The summed E-state index contributed by atoms with van der Waals surface area (Å²) in [6.45, 7) is 6.79. The van der Waals surface area contributed by atoms with E-state index in [4.69, 9.17) is 9.41 Å². The minimum Gasteiger partial charge on any atom is -0.454 e. The number of rotatable bonds is 7. The van der Waals surface area contributed by atoms with Crippen molar-refractivity contribution in [3.05, 3.63) is 223 Å². The molecule has 9 aromatic carbocycles. The fraction of sp³-hybridized carbons (Fsp3) is 0.0179. The fourth-order valence-corrected chi connectivity index (χ4v) is 8.75. The first-order valence-electron chi connectivity index (χ1n) is 20.1. The van der Waals surface area contributed by atoms with E-state index in [1.807, 2.05) is 12.1 Å². The molecule has 0 spiro atoms. The summed E-state index contributed by atoms with van der Waals surface area (Å²) in [7, 11) is 0. The summed E-state index contributed by atoms with van der Waals surface area (Å²) in [6.07, 6.45) is 2.19. The number of benzene rings is 9. The Bertz CT molecular complexity index is 3520. The van der Waals surface area contributed by atoms with Crippen LogP contribution in [0.25, 0.3) is 93.4 Å². The Labute approximate surface area is 342 Å². The second-order valence-corrected chi connectivity index (χ2v) is 15.3. The third kappa shape index (κ3) is 5.95. The van der Waals surface area contributed by atoms with Gasteiger partial charge in [0.05, 0.1) is 28.1 Å². The van der Waals surface area contributed by atoms with E-state index in [9.17, 15) is 0 Å². The van der Waals surface area contributed by atoms with Crippen LogP contribution in [-0.4, -0.2) is 10.3 Å². The van der Waals surface area contributed by atoms with Crippen molar-refractivity contribution in [2.24, 2.45) is 4.99 Å². The number of fused-ring (bicyclic) bond motifs is 8. The van der Waals surface area contributed by atoms with Crippen molar-refractivity contribution >= 4 is 82.3 Å². The van der Waals surface area contributed by atoms with Gasteiger partial charge >= 0.3 is 0 Å². The van der Waals surface area contributed by atoms with Gasteiger partial charge in [0.15, 0.2) is 5.58 Å². The average Bonchev–Trinajstić information content (AvgIpc) is 3.84. The highest BCUT2D eigenvalue weighted by Crippen LogP contribution is 2.41. The van der Waals surface area contributed by atoms with Gasteiger partial charge in [-0.3, -0.25) is 0 Å². The Morgan fingerprint density at radius 1 is 0.525 bits per heavy atom. The zero-order valence-electron chi connectivity index (χ0n) is 32.6. The van der Waals surface area contributed by atoms with E-state index in [0.717, 1.165) is 72.0 Å². The van der Waals surface area contributed by atoms with Crippen molar-refractivity contribution in [1.29, 1.82) is 0 Å². The maximum Gasteiger partial charge on any atom is 0.159 e. The maximum absolute atomic E-state index is 6.86. The van der Waals surface area contributed by atoms with Gasteiger partial charge in [-0.15, -0.1) is 0 Å². The second kappa shape index (κ2) is 14.0. The molecule has 11 aromatic rings. The predicted molar refractivity (Wildman–Crippen MR) is 251 cm³/mol. The molecule has 0 bridgehead atoms. The fourth-order valence-electron chi connectivity index (χ4n) is 8.75. The first-order valence-corrected chi connectivity index (χ1v) is 20.1. The van der Waals surface area contributed by atoms with Crippen LogP contribution in [0.1, 0.15) is 23.6 Å². The van der Waals surface area contributed by atoms with Gasteiger partial charge in [0.1, 0.15) is 5.58 Å². The first-order chi connectivity index (χ1) is 29.1. The zero-order valence-corrected chi connectivity index (χ0v) is 32.6. The Morgan fingerprint density at radius 2 is 1.17 bits per heavy atom. The molecule has 278 valence electrons. The van der Waals surface area contributed by atoms with Gasteiger partial charge in [-0.25, -0.2) is 4.99 Å². The highest BCUT2D eigenvalue weighted by Gasteiger charge is 2.20. The summed E-state index contributed by atoms with van der Waals surface area (Å²) in [4.78, 5) is 5.37. The van der Waals surface area contributed by atoms with Crippen LogP contribution in [0.3, 0.4) is 0 Å². The van der Waals surface area contributed by atoms with E-state index in [1.165, 1.54) is 38.1 Å². The summed E-state index contributed by atoms with van der Waals surface area (Å²) in [5.74, 6) is 0. The smallest absolute Gasteiger partial charge is 0.159 e. The summed E-state index contributed by atoms with van der Waals surface area (Å²) in [5.41, 5.74) is 13.0. The quantitative estimate of drug-likeness (QED) is 0.149. The van der Waals surface area contributed by atoms with Crippen molar-refractivity contribution in [3.8, 4) is 16.8 Å². The van der Waals surface area contributed by atoms with Crippen LogP contribution < -0.4 is 0 Å². The number of furan rings is 1. The number of hydrogen-bond acceptors (Lipinski definition) is 2. The number of aliphatic imine (C=N–C) groups is 1. The Morgan fingerprint density at radius 3 is 1.97 bits per heavy atom. The standard InChI is InChI=1S/C56H38N2O/c1-36(41-28-26-39-16-6-8-18-42(39)33-41)32-50(45-29-27-40-17-7-9-19-43(40)34-45)57-37(2)46-21-13-25-54-55(46)48-22-12-24-53(56(48)59-54)58-51-23-11-10-20-47(51)49-35-44(30-31-52(49)58)38-14-4-3-5-15-38/h3-35H,2H2,1H3/b36-32+,57-50?. The molecule has 0 radical (unpaired) electrons. The molecule has 0 aliphatic heterocycles. The van der Waals surface area contributed by atoms with Crippen molar-refractivity contribution in [2.75, 3.05) is 0 Å². The highest BCUT2D eigenvalue weighted by atomic mass is 16.3. The summed E-state index contributed by atoms with van der Waals surface area (Å²) >= 11 is 0. The monoisotopic (exact) mass is 754 g/mol. The molecule has 0 fully saturated rings. The molecule has 0 N–H and O–H groups in total. The normalized spacial score (nSPS) is 12.4. The molecule has 0 saturated heterocycles. The molecule has 0 unspecified atom stereocenters. The lowest BCUT2D eigenvalue weighted by molar-refractivity contribution is 0.666. The molecule has 3 nitrogen and oxygen atoms in total. The van der Waals surface area contributed by atoms with Crippen LogP contribution in [0.4, 0.5) is 0 Å². The Kier molecular flexibility index (Phi) is 8.20. The SMILES string of the molecule is C=C(N=C(/C=C(\C)c1ccc2ccccc2c1)c1ccc2ccccc2c1)c1cccc2oc3c(-n4c5ccccc5c5cc(-c6ccccc6)ccc54)cccc3c12. The van der Waals surface area contributed by atoms with Gasteiger partial charge < -0.3 is 8.98 Å². The third-order valence-electron chi connectivity index (χ3n) is 11.7. The Hall–Kier alpha value is -7.75. The van der Waals surface area contributed by atoms with Crippen LogP contribution in [0.2, 0.25) is 0 Å². The van der Waals surface area contributed by atoms with Crippen LogP contribution in [-0.2, 0) is 0 Å². The first kappa shape index (κ1) is 34.5. The van der Waals surface area contributed by atoms with Crippen LogP contribution in [0.5, 0.6) is 0 Å². The van der Waals surface area contributed by atoms with E-state index in [-0.39, 0.29) is 0 Å². The lowest BCUT2D eigenvalue weighted by Gasteiger charge is -2.11. The van der Waals surface area contributed by atoms with Gasteiger partial charge in [0.25, 0.3) is 0 Å². The van der Waals surface area contributed by atoms with Crippen molar-refractivity contribution in [2.45, 2.75) is 6.92 Å². The summed E-state index contributed by atoms with van der Waals surface area (Å²) < 4.78 is 9.20. The van der Waals surface area contributed by atoms with E-state index in [0.29, 0.717) is 5.70 Å². The number of para-hydroxylation sites is 2. The van der Waals surface area contributed by atoms with Gasteiger partial charge in [-0.1, -0.05) is 158 Å². The van der Waals surface area contributed by atoms with E-state index >= 15 is 0 Å². The molecular formula is C56H38N2O. The maximum atomic E-state index is 6.86. The third-order valence-corrected chi connectivity index (χ3v) is 11.7. The van der Waals surface area contributed by atoms with E-state index in [1.54, 1.807) is 0 Å². The molecular weight excluding hydrogens is 717 g/mol. The van der Waals surface area contributed by atoms with Gasteiger partial charge in [-0.2, -0.15) is 0 Å². The molecule has 0 atom stereocenters. The van der Waals surface area contributed by atoms with Crippen molar-refractivity contribution in [1.82, 2.24) is 4.57 Å². The number of hydrogen-bond donors (Lipinski definition) is 0. The van der Waals surface area contributed by atoms with Crippen LogP contribution >= 0.6 is 0 Å².